The van der Waals surface area contributed by atoms with E-state index >= 15 is 0 Å². The molecule has 0 spiro atoms. The van der Waals surface area contributed by atoms with Crippen LogP contribution in [0.5, 0.6) is 0 Å². The first-order valence-corrected chi connectivity index (χ1v) is 9.57. The summed E-state index contributed by atoms with van der Waals surface area (Å²) in [5.41, 5.74) is 3.21. The number of aromatic amines is 1. The van der Waals surface area contributed by atoms with E-state index in [1.165, 1.54) is 23.1 Å². The van der Waals surface area contributed by atoms with Crippen molar-refractivity contribution in [1.29, 1.82) is 0 Å². The van der Waals surface area contributed by atoms with E-state index in [1.807, 2.05) is 17.5 Å². The van der Waals surface area contributed by atoms with Gasteiger partial charge < -0.3 is 4.74 Å². The van der Waals surface area contributed by atoms with E-state index in [9.17, 15) is 0 Å². The van der Waals surface area contributed by atoms with Crippen molar-refractivity contribution in [3.63, 3.8) is 0 Å². The van der Waals surface area contributed by atoms with Crippen molar-refractivity contribution < 1.29 is 4.74 Å². The van der Waals surface area contributed by atoms with Gasteiger partial charge in [0.15, 0.2) is 0 Å². The normalized spacial score (nSPS) is 16.0. The van der Waals surface area contributed by atoms with Crippen molar-refractivity contribution >= 4 is 32.5 Å². The zero-order chi connectivity index (χ0) is 16.6. The molecular formula is C20H19N3OS. The maximum absolute atomic E-state index is 5.47. The predicted molar refractivity (Wildman–Crippen MR) is 102 cm³/mol. The Hall–Kier alpha value is -2.24. The third-order valence-corrected chi connectivity index (χ3v) is 6.07. The fourth-order valence-electron chi connectivity index (χ4n) is 3.57. The van der Waals surface area contributed by atoms with E-state index in [4.69, 9.17) is 9.72 Å². The second kappa shape index (κ2) is 6.24. The molecule has 1 aromatic carbocycles. The number of nitrogens with zero attached hydrogens (tertiary/aromatic N) is 2. The Morgan fingerprint density at radius 3 is 2.92 bits per heavy atom. The van der Waals surface area contributed by atoms with E-state index in [2.05, 4.69) is 46.6 Å². The van der Waals surface area contributed by atoms with Gasteiger partial charge in [0, 0.05) is 34.4 Å². The molecule has 1 aliphatic rings. The number of thiophene rings is 1. The molecule has 0 aliphatic carbocycles. The zero-order valence-corrected chi connectivity index (χ0v) is 14.7. The first-order chi connectivity index (χ1) is 12.3. The monoisotopic (exact) mass is 349 g/mol. The van der Waals surface area contributed by atoms with Gasteiger partial charge >= 0.3 is 0 Å². The lowest BCUT2D eigenvalue weighted by Gasteiger charge is -2.21. The molecule has 1 N–H and O–H groups in total. The summed E-state index contributed by atoms with van der Waals surface area (Å²) in [6.07, 6.45) is 5.37. The number of rotatable bonds is 3. The lowest BCUT2D eigenvalue weighted by molar-refractivity contribution is 0.0667. The maximum atomic E-state index is 5.47. The van der Waals surface area contributed by atoms with E-state index in [1.54, 1.807) is 0 Å². The van der Waals surface area contributed by atoms with Crippen LogP contribution in [0, 0.1) is 5.92 Å². The van der Waals surface area contributed by atoms with Crippen LogP contribution in [0.1, 0.15) is 17.7 Å². The second-order valence-electron chi connectivity index (χ2n) is 6.74. The third-order valence-electron chi connectivity index (χ3n) is 5.00. The molecule has 5 heteroatoms. The number of ether oxygens (including phenoxy) is 1. The van der Waals surface area contributed by atoms with Crippen LogP contribution in [0.2, 0.25) is 0 Å². The average Bonchev–Trinajstić information content (AvgIpc) is 3.27. The van der Waals surface area contributed by atoms with Gasteiger partial charge in [-0.2, -0.15) is 5.10 Å². The van der Waals surface area contributed by atoms with Gasteiger partial charge in [0.05, 0.1) is 17.4 Å². The van der Waals surface area contributed by atoms with Gasteiger partial charge in [-0.3, -0.25) is 5.10 Å². The summed E-state index contributed by atoms with van der Waals surface area (Å²) in [5.74, 6) is 0.754. The minimum Gasteiger partial charge on any atom is -0.381 e. The molecule has 0 bridgehead atoms. The lowest BCUT2D eigenvalue weighted by atomic mass is 9.96. The first-order valence-electron chi connectivity index (χ1n) is 8.76. The van der Waals surface area contributed by atoms with Crippen LogP contribution in [-0.4, -0.2) is 28.4 Å². The SMILES string of the molecule is c1cc2[nH]ncc2cc1-c1ccc2cc(CC3CCOCC3)sc2n1. The fraction of sp³-hybridized carbons (Fsp3) is 0.300. The van der Waals surface area contributed by atoms with Crippen LogP contribution in [-0.2, 0) is 11.2 Å². The molecule has 0 unspecified atom stereocenters. The fourth-order valence-corrected chi connectivity index (χ4v) is 4.71. The molecule has 3 aromatic heterocycles. The predicted octanol–water partition coefficient (Wildman–Crippen LogP) is 4.81. The molecule has 1 fully saturated rings. The van der Waals surface area contributed by atoms with Crippen molar-refractivity contribution in [3.05, 3.63) is 47.5 Å². The third kappa shape index (κ3) is 2.94. The van der Waals surface area contributed by atoms with E-state index in [0.29, 0.717) is 0 Å². The number of pyridine rings is 1. The Morgan fingerprint density at radius 1 is 1.08 bits per heavy atom. The molecule has 1 aliphatic heterocycles. The van der Waals surface area contributed by atoms with Crippen molar-refractivity contribution in [1.82, 2.24) is 15.2 Å². The highest BCUT2D eigenvalue weighted by molar-refractivity contribution is 7.18. The molecule has 4 aromatic rings. The standard InChI is InChI=1S/C20H19N3OS/c1-4-19-16(12-21-23-19)10-14(1)18-3-2-15-11-17(25-20(15)22-18)9-13-5-7-24-8-6-13/h1-4,10-13H,5-9H2,(H,21,23). The maximum Gasteiger partial charge on any atom is 0.124 e. The van der Waals surface area contributed by atoms with Crippen molar-refractivity contribution in [2.45, 2.75) is 19.3 Å². The number of H-pyrrole nitrogens is 1. The Kier molecular flexibility index (Phi) is 3.76. The number of hydrogen-bond acceptors (Lipinski definition) is 4. The number of hydrogen-bond donors (Lipinski definition) is 1. The van der Waals surface area contributed by atoms with E-state index in [-0.39, 0.29) is 0 Å². The Balaban J connectivity index is 1.46. The molecule has 25 heavy (non-hydrogen) atoms. The smallest absolute Gasteiger partial charge is 0.124 e. The quantitative estimate of drug-likeness (QED) is 0.577. The summed E-state index contributed by atoms with van der Waals surface area (Å²) in [4.78, 5) is 7.49. The highest BCUT2D eigenvalue weighted by Crippen LogP contribution is 2.31. The van der Waals surface area contributed by atoms with Crippen LogP contribution in [0.15, 0.2) is 42.6 Å². The van der Waals surface area contributed by atoms with Crippen LogP contribution in [0.25, 0.3) is 32.4 Å². The largest absolute Gasteiger partial charge is 0.381 e. The van der Waals surface area contributed by atoms with E-state index < -0.39 is 0 Å². The molecule has 5 rings (SSSR count). The molecule has 0 saturated carbocycles. The second-order valence-corrected chi connectivity index (χ2v) is 7.85. The summed E-state index contributed by atoms with van der Waals surface area (Å²) >= 11 is 1.83. The molecule has 4 heterocycles. The number of aromatic nitrogens is 3. The molecule has 1 saturated heterocycles. The topological polar surface area (TPSA) is 50.8 Å². The minimum absolute atomic E-state index is 0.754. The summed E-state index contributed by atoms with van der Waals surface area (Å²) in [6, 6.07) is 12.9. The summed E-state index contributed by atoms with van der Waals surface area (Å²) in [5, 5.41) is 9.45. The minimum atomic E-state index is 0.754. The summed E-state index contributed by atoms with van der Waals surface area (Å²) < 4.78 is 5.47. The average molecular weight is 349 g/mol. The Bertz CT molecular complexity index is 1030. The highest BCUT2D eigenvalue weighted by Gasteiger charge is 2.16. The summed E-state index contributed by atoms with van der Waals surface area (Å²) in [7, 11) is 0. The van der Waals surface area contributed by atoms with Crippen LogP contribution in [0.3, 0.4) is 0 Å². The molecule has 0 radical (unpaired) electrons. The number of benzene rings is 1. The number of fused-ring (bicyclic) bond motifs is 2. The van der Waals surface area contributed by atoms with Gasteiger partial charge in [-0.05, 0) is 55.5 Å². The van der Waals surface area contributed by atoms with Gasteiger partial charge in [0.1, 0.15) is 4.83 Å². The highest BCUT2D eigenvalue weighted by atomic mass is 32.1. The van der Waals surface area contributed by atoms with Crippen LogP contribution in [0.4, 0.5) is 0 Å². The molecule has 126 valence electrons. The van der Waals surface area contributed by atoms with Gasteiger partial charge in [-0.1, -0.05) is 6.07 Å². The first kappa shape index (κ1) is 15.0. The molecule has 0 amide bonds. The van der Waals surface area contributed by atoms with Crippen molar-refractivity contribution in [2.75, 3.05) is 13.2 Å². The van der Waals surface area contributed by atoms with Crippen molar-refractivity contribution in [3.8, 4) is 11.3 Å². The Morgan fingerprint density at radius 2 is 2.00 bits per heavy atom. The zero-order valence-electron chi connectivity index (χ0n) is 13.9. The van der Waals surface area contributed by atoms with Gasteiger partial charge in [-0.15, -0.1) is 11.3 Å². The van der Waals surface area contributed by atoms with E-state index in [0.717, 1.165) is 52.5 Å². The van der Waals surface area contributed by atoms with Crippen molar-refractivity contribution in [2.24, 2.45) is 5.92 Å². The van der Waals surface area contributed by atoms with Crippen LogP contribution < -0.4 is 0 Å². The Labute approximate surface area is 149 Å². The molecular weight excluding hydrogens is 330 g/mol. The van der Waals surface area contributed by atoms with Crippen LogP contribution >= 0.6 is 11.3 Å². The van der Waals surface area contributed by atoms with Gasteiger partial charge in [0.2, 0.25) is 0 Å². The molecule has 4 nitrogen and oxygen atoms in total. The lowest BCUT2D eigenvalue weighted by Crippen LogP contribution is -2.17. The van der Waals surface area contributed by atoms with Gasteiger partial charge in [0.25, 0.3) is 0 Å². The number of nitrogens with one attached hydrogen (secondary N) is 1. The molecule has 0 atom stereocenters. The van der Waals surface area contributed by atoms with Gasteiger partial charge in [-0.25, -0.2) is 4.98 Å². The summed E-state index contributed by atoms with van der Waals surface area (Å²) in [6.45, 7) is 1.82.